The summed E-state index contributed by atoms with van der Waals surface area (Å²) in [7, 11) is 3.05. The van der Waals surface area contributed by atoms with Gasteiger partial charge in [-0.1, -0.05) is 0 Å². The largest absolute Gasteiger partial charge is 0.389 e. The van der Waals surface area contributed by atoms with E-state index < -0.39 is 17.7 Å². The van der Waals surface area contributed by atoms with Gasteiger partial charge < -0.3 is 14.7 Å². The van der Waals surface area contributed by atoms with Gasteiger partial charge in [0.1, 0.15) is 11.6 Å². The van der Waals surface area contributed by atoms with Gasteiger partial charge in [-0.25, -0.2) is 8.78 Å². The third-order valence-corrected chi connectivity index (χ3v) is 3.69. The van der Waals surface area contributed by atoms with Gasteiger partial charge in [0.15, 0.2) is 0 Å². The van der Waals surface area contributed by atoms with Crippen molar-refractivity contribution in [2.45, 2.75) is 18.4 Å². The Morgan fingerprint density at radius 1 is 1.52 bits per heavy atom. The highest BCUT2D eigenvalue weighted by Gasteiger charge is 2.46. The zero-order valence-corrected chi connectivity index (χ0v) is 12.1. The predicted molar refractivity (Wildman–Crippen MR) is 72.7 cm³/mol. The van der Waals surface area contributed by atoms with Crippen LogP contribution in [-0.4, -0.2) is 49.3 Å². The van der Waals surface area contributed by atoms with Crippen molar-refractivity contribution in [1.82, 2.24) is 4.90 Å². The van der Waals surface area contributed by atoms with E-state index in [-0.39, 0.29) is 36.5 Å². The lowest BCUT2D eigenvalue weighted by atomic mass is 10.1. The number of aliphatic hydroxyl groups is 1. The van der Waals surface area contributed by atoms with Crippen LogP contribution in [0.2, 0.25) is 0 Å². The Morgan fingerprint density at radius 2 is 2.24 bits per heavy atom. The Bertz CT molecular complexity index is 524. The summed E-state index contributed by atoms with van der Waals surface area (Å²) >= 11 is 0. The minimum atomic E-state index is -0.757. The summed E-state index contributed by atoms with van der Waals surface area (Å²) < 4.78 is 31.6. The number of aliphatic hydroxyl groups excluding tert-OH is 1. The van der Waals surface area contributed by atoms with Crippen LogP contribution in [0.5, 0.6) is 0 Å². The minimum absolute atomic E-state index is 0.143. The average molecular weight is 299 g/mol. The molecule has 1 aliphatic carbocycles. The Kier molecular flexibility index (Phi) is 4.90. The zero-order valence-electron chi connectivity index (χ0n) is 12.1. The second kappa shape index (κ2) is 6.49. The number of ether oxygens (including phenoxy) is 1. The second-order valence-electron chi connectivity index (χ2n) is 5.44. The van der Waals surface area contributed by atoms with Crippen LogP contribution in [-0.2, 0) is 9.53 Å². The molecule has 0 saturated heterocycles. The van der Waals surface area contributed by atoms with Crippen LogP contribution in [0, 0.1) is 17.6 Å². The predicted octanol–water partition coefficient (Wildman–Crippen LogP) is 1.53. The SMILES string of the molecule is COC[C@H](O)CN(C)C(=O)[C@H]1C[C@H]1c1cc(F)ccc1F. The molecule has 0 aliphatic heterocycles. The van der Waals surface area contributed by atoms with Crippen molar-refractivity contribution in [1.29, 1.82) is 0 Å². The molecule has 0 radical (unpaired) electrons. The standard InChI is InChI=1S/C15H19F2NO3/c1-18(7-10(19)8-21-2)15(20)13-6-11(13)12-5-9(16)3-4-14(12)17/h3-5,10-11,13,19H,6-8H2,1-2H3/t10-,11+,13+/m1/s1. The summed E-state index contributed by atoms with van der Waals surface area (Å²) in [5.74, 6) is -1.79. The number of halogens is 2. The van der Waals surface area contributed by atoms with Crippen LogP contribution in [0.1, 0.15) is 17.9 Å². The maximum Gasteiger partial charge on any atom is 0.226 e. The molecular formula is C15H19F2NO3. The summed E-state index contributed by atoms with van der Waals surface area (Å²) in [5, 5.41) is 9.61. The van der Waals surface area contributed by atoms with E-state index in [1.807, 2.05) is 0 Å². The highest BCUT2D eigenvalue weighted by molar-refractivity contribution is 5.82. The highest BCUT2D eigenvalue weighted by atomic mass is 19.1. The van der Waals surface area contributed by atoms with Crippen LogP contribution in [0.15, 0.2) is 18.2 Å². The third kappa shape index (κ3) is 3.77. The molecule has 1 fully saturated rings. The molecule has 21 heavy (non-hydrogen) atoms. The van der Waals surface area contributed by atoms with E-state index in [1.165, 1.54) is 12.0 Å². The number of amides is 1. The molecule has 4 nitrogen and oxygen atoms in total. The van der Waals surface area contributed by atoms with Crippen molar-refractivity contribution in [3.63, 3.8) is 0 Å². The molecule has 0 unspecified atom stereocenters. The molecule has 0 bridgehead atoms. The van der Waals surface area contributed by atoms with Crippen molar-refractivity contribution in [3.05, 3.63) is 35.4 Å². The zero-order chi connectivity index (χ0) is 15.6. The number of methoxy groups -OCH3 is 1. The van der Waals surface area contributed by atoms with Crippen LogP contribution < -0.4 is 0 Å². The van der Waals surface area contributed by atoms with Gasteiger partial charge in [-0.15, -0.1) is 0 Å². The van der Waals surface area contributed by atoms with Gasteiger partial charge in [0.2, 0.25) is 5.91 Å². The molecule has 1 N–H and O–H groups in total. The normalized spacial score (nSPS) is 22.0. The molecule has 2 rings (SSSR count). The summed E-state index contributed by atoms with van der Waals surface area (Å²) in [6.07, 6.45) is -0.253. The first-order chi connectivity index (χ1) is 9.93. The van der Waals surface area contributed by atoms with Crippen molar-refractivity contribution in [2.24, 2.45) is 5.92 Å². The van der Waals surface area contributed by atoms with Crippen LogP contribution in [0.25, 0.3) is 0 Å². The number of nitrogens with zero attached hydrogens (tertiary/aromatic N) is 1. The van der Waals surface area contributed by atoms with Gasteiger partial charge in [0.25, 0.3) is 0 Å². The lowest BCUT2D eigenvalue weighted by Gasteiger charge is -2.20. The molecule has 1 aliphatic rings. The average Bonchev–Trinajstić information content (AvgIpc) is 3.21. The van der Waals surface area contributed by atoms with Gasteiger partial charge in [-0.2, -0.15) is 0 Å². The van der Waals surface area contributed by atoms with Crippen LogP contribution in [0.4, 0.5) is 8.78 Å². The van der Waals surface area contributed by atoms with Gasteiger partial charge in [-0.05, 0) is 36.1 Å². The van der Waals surface area contributed by atoms with Crippen LogP contribution >= 0.6 is 0 Å². The number of carbonyl (C=O) groups is 1. The van der Waals surface area contributed by atoms with Gasteiger partial charge in [-0.3, -0.25) is 4.79 Å². The molecule has 116 valence electrons. The summed E-state index contributed by atoms with van der Waals surface area (Å²) in [4.78, 5) is 13.6. The first-order valence-electron chi connectivity index (χ1n) is 6.81. The van der Waals surface area contributed by atoms with Crippen molar-refractivity contribution in [2.75, 3.05) is 27.3 Å². The van der Waals surface area contributed by atoms with E-state index in [1.54, 1.807) is 7.05 Å². The summed E-state index contributed by atoms with van der Waals surface area (Å²) in [5.41, 5.74) is 0.249. The molecule has 6 heteroatoms. The lowest BCUT2D eigenvalue weighted by molar-refractivity contribution is -0.133. The molecule has 3 atom stereocenters. The molecule has 0 spiro atoms. The molecule has 1 aromatic carbocycles. The number of rotatable bonds is 6. The fraction of sp³-hybridized carbons (Fsp3) is 0.533. The van der Waals surface area contributed by atoms with E-state index >= 15 is 0 Å². The summed E-state index contributed by atoms with van der Waals surface area (Å²) in [6.45, 7) is 0.297. The Hall–Kier alpha value is -1.53. The molecule has 1 aromatic rings. The highest BCUT2D eigenvalue weighted by Crippen LogP contribution is 2.49. The summed E-state index contributed by atoms with van der Waals surface area (Å²) in [6, 6.07) is 3.29. The Morgan fingerprint density at radius 3 is 2.90 bits per heavy atom. The fourth-order valence-corrected chi connectivity index (χ4v) is 2.54. The van der Waals surface area contributed by atoms with Crippen molar-refractivity contribution < 1.29 is 23.4 Å². The minimum Gasteiger partial charge on any atom is -0.389 e. The van der Waals surface area contributed by atoms with E-state index in [0.29, 0.717) is 6.42 Å². The van der Waals surface area contributed by atoms with Gasteiger partial charge in [0, 0.05) is 26.6 Å². The van der Waals surface area contributed by atoms with Gasteiger partial charge in [0.05, 0.1) is 12.7 Å². The monoisotopic (exact) mass is 299 g/mol. The van der Waals surface area contributed by atoms with E-state index in [9.17, 15) is 18.7 Å². The lowest BCUT2D eigenvalue weighted by Crippen LogP contribution is -2.37. The van der Waals surface area contributed by atoms with E-state index in [4.69, 9.17) is 4.74 Å². The maximum atomic E-state index is 13.7. The maximum absolute atomic E-state index is 13.7. The van der Waals surface area contributed by atoms with Crippen molar-refractivity contribution >= 4 is 5.91 Å². The number of likely N-dealkylation sites (N-methyl/N-ethyl adjacent to an activating group) is 1. The smallest absolute Gasteiger partial charge is 0.226 e. The molecule has 0 heterocycles. The molecule has 1 saturated carbocycles. The molecule has 0 aromatic heterocycles. The fourth-order valence-electron chi connectivity index (χ4n) is 2.54. The molecular weight excluding hydrogens is 280 g/mol. The number of benzene rings is 1. The third-order valence-electron chi connectivity index (χ3n) is 3.69. The van der Waals surface area contributed by atoms with Crippen molar-refractivity contribution in [3.8, 4) is 0 Å². The topological polar surface area (TPSA) is 49.8 Å². The first kappa shape index (κ1) is 15.9. The number of hydrogen-bond donors (Lipinski definition) is 1. The van der Waals surface area contributed by atoms with Crippen LogP contribution in [0.3, 0.4) is 0 Å². The quantitative estimate of drug-likeness (QED) is 0.867. The second-order valence-corrected chi connectivity index (χ2v) is 5.44. The Balaban J connectivity index is 1.96. The Labute approximate surface area is 122 Å². The number of carbonyl (C=O) groups excluding carboxylic acids is 1. The van der Waals surface area contributed by atoms with Gasteiger partial charge >= 0.3 is 0 Å². The van der Waals surface area contributed by atoms with E-state index in [2.05, 4.69) is 0 Å². The van der Waals surface area contributed by atoms with E-state index in [0.717, 1.165) is 18.2 Å². The number of hydrogen-bond acceptors (Lipinski definition) is 3. The molecule has 1 amide bonds. The first-order valence-corrected chi connectivity index (χ1v) is 6.81.